The number of nitrogens with one attached hydrogen (secondary N) is 1. The van der Waals surface area contributed by atoms with Crippen molar-refractivity contribution in [2.24, 2.45) is 0 Å². The minimum Gasteiger partial charge on any atom is -0.397 e. The number of carbonyl (C=O) groups excluding carboxylic acids is 2. The van der Waals surface area contributed by atoms with Crippen LogP contribution in [0.25, 0.3) is 0 Å². The zero-order valence-electron chi connectivity index (χ0n) is 15.9. The lowest BCUT2D eigenvalue weighted by Gasteiger charge is -2.23. The van der Waals surface area contributed by atoms with Gasteiger partial charge in [0.1, 0.15) is 4.90 Å². The van der Waals surface area contributed by atoms with E-state index in [-0.39, 0.29) is 38.5 Å². The number of hydrogen-bond donors (Lipinski definition) is 3. The zero-order chi connectivity index (χ0) is 23.4. The quantitative estimate of drug-likeness (QED) is 0.221. The van der Waals surface area contributed by atoms with Gasteiger partial charge in [-0.2, -0.15) is 8.42 Å². The van der Waals surface area contributed by atoms with Crippen molar-refractivity contribution in [2.75, 3.05) is 11.1 Å². The molecule has 0 bridgehead atoms. The molecule has 3 aromatic rings. The van der Waals surface area contributed by atoms with Crippen LogP contribution in [0.3, 0.4) is 0 Å². The number of benzene rings is 3. The van der Waals surface area contributed by atoms with Gasteiger partial charge in [-0.3, -0.25) is 14.1 Å². The summed E-state index contributed by atoms with van der Waals surface area (Å²) in [6.07, 6.45) is 0. The first-order valence-corrected chi connectivity index (χ1v) is 12.6. The Bertz CT molecular complexity index is 1530. The Labute approximate surface area is 187 Å². The third kappa shape index (κ3) is 3.65. The number of fused-ring (bicyclic) bond motifs is 2. The van der Waals surface area contributed by atoms with Crippen molar-refractivity contribution < 1.29 is 31.0 Å². The van der Waals surface area contributed by atoms with E-state index < -0.39 is 41.3 Å². The number of nitrogen functional groups attached to an aromatic ring is 1. The summed E-state index contributed by atoms with van der Waals surface area (Å²) in [4.78, 5) is 25.4. The van der Waals surface area contributed by atoms with Crippen molar-refractivity contribution in [1.82, 2.24) is 0 Å². The van der Waals surface area contributed by atoms with Crippen molar-refractivity contribution in [1.29, 1.82) is 0 Å². The Morgan fingerprint density at radius 2 is 1.38 bits per heavy atom. The molecular formula is C20H13ClN2O7S2. The summed E-state index contributed by atoms with van der Waals surface area (Å²) in [6.45, 7) is 0. The van der Waals surface area contributed by atoms with E-state index in [0.717, 1.165) is 6.07 Å². The lowest BCUT2D eigenvalue weighted by Crippen LogP contribution is -2.25. The minimum atomic E-state index is -4.85. The van der Waals surface area contributed by atoms with Crippen molar-refractivity contribution in [3.05, 3.63) is 76.9 Å². The molecule has 4 rings (SSSR count). The van der Waals surface area contributed by atoms with Gasteiger partial charge in [0.15, 0.2) is 11.6 Å². The van der Waals surface area contributed by atoms with Crippen LogP contribution in [0.4, 0.5) is 17.1 Å². The van der Waals surface area contributed by atoms with Gasteiger partial charge in [-0.05, 0) is 30.3 Å². The van der Waals surface area contributed by atoms with E-state index >= 15 is 0 Å². The highest BCUT2D eigenvalue weighted by Gasteiger charge is 2.36. The Hall–Kier alpha value is -3.25. The fourth-order valence-electron chi connectivity index (χ4n) is 3.46. The first-order valence-electron chi connectivity index (χ1n) is 8.83. The normalized spacial score (nSPS) is 13.4. The maximum atomic E-state index is 13.2. The van der Waals surface area contributed by atoms with Gasteiger partial charge >= 0.3 is 0 Å². The predicted molar refractivity (Wildman–Crippen MR) is 117 cm³/mol. The maximum Gasteiger partial charge on any atom is 0.296 e. The van der Waals surface area contributed by atoms with Crippen LogP contribution >= 0.6 is 10.7 Å². The number of rotatable bonds is 4. The van der Waals surface area contributed by atoms with Crippen LogP contribution in [0, 0.1) is 0 Å². The molecule has 0 fully saturated rings. The van der Waals surface area contributed by atoms with Crippen molar-refractivity contribution in [3.8, 4) is 0 Å². The first kappa shape index (κ1) is 22.0. The van der Waals surface area contributed by atoms with Crippen LogP contribution in [-0.2, 0) is 19.2 Å². The summed E-state index contributed by atoms with van der Waals surface area (Å²) in [6, 6.07) is 12.0. The van der Waals surface area contributed by atoms with Crippen LogP contribution < -0.4 is 11.1 Å². The van der Waals surface area contributed by atoms with E-state index in [2.05, 4.69) is 5.32 Å². The van der Waals surface area contributed by atoms with E-state index in [9.17, 15) is 31.0 Å². The van der Waals surface area contributed by atoms with Crippen LogP contribution in [0.1, 0.15) is 31.8 Å². The molecule has 0 aromatic heterocycles. The van der Waals surface area contributed by atoms with E-state index in [1.807, 2.05) is 0 Å². The highest BCUT2D eigenvalue weighted by Crippen LogP contribution is 2.40. The molecule has 12 heteroatoms. The summed E-state index contributed by atoms with van der Waals surface area (Å²) in [7, 11) is -3.52. The molecular weight excluding hydrogens is 480 g/mol. The van der Waals surface area contributed by atoms with Crippen molar-refractivity contribution >= 4 is 58.5 Å². The summed E-state index contributed by atoms with van der Waals surface area (Å²) < 4.78 is 56.3. The van der Waals surface area contributed by atoms with Gasteiger partial charge in [0.05, 0.1) is 27.4 Å². The molecule has 0 atom stereocenters. The number of carbonyl (C=O) groups is 2. The average Bonchev–Trinajstić information content (AvgIpc) is 2.72. The number of halogens is 1. The number of ketones is 2. The summed E-state index contributed by atoms with van der Waals surface area (Å²) in [5.41, 5.74) is 5.12. The Kier molecular flexibility index (Phi) is 5.09. The largest absolute Gasteiger partial charge is 0.397 e. The molecule has 164 valence electrons. The average molecular weight is 493 g/mol. The van der Waals surface area contributed by atoms with Gasteiger partial charge in [-0.25, -0.2) is 8.42 Å². The number of hydrogen-bond acceptors (Lipinski definition) is 8. The monoisotopic (exact) mass is 492 g/mol. The fraction of sp³-hybridized carbons (Fsp3) is 0. The topological polar surface area (TPSA) is 161 Å². The Balaban J connectivity index is 1.95. The Morgan fingerprint density at radius 1 is 0.844 bits per heavy atom. The second kappa shape index (κ2) is 7.41. The van der Waals surface area contributed by atoms with Gasteiger partial charge in [-0.15, -0.1) is 0 Å². The Morgan fingerprint density at radius 3 is 1.88 bits per heavy atom. The molecule has 32 heavy (non-hydrogen) atoms. The SMILES string of the molecule is Nc1c(S(=O)(=O)O)cc(Nc2ccc(S(=O)(=O)Cl)cc2)c2c1C(=O)c1ccccc1C2=O. The molecule has 0 spiro atoms. The lowest BCUT2D eigenvalue weighted by molar-refractivity contribution is 0.0980. The maximum absolute atomic E-state index is 13.2. The smallest absolute Gasteiger partial charge is 0.296 e. The van der Waals surface area contributed by atoms with Crippen molar-refractivity contribution in [2.45, 2.75) is 9.79 Å². The van der Waals surface area contributed by atoms with Crippen molar-refractivity contribution in [3.63, 3.8) is 0 Å². The molecule has 0 unspecified atom stereocenters. The molecule has 0 amide bonds. The highest BCUT2D eigenvalue weighted by atomic mass is 35.7. The third-order valence-electron chi connectivity index (χ3n) is 4.89. The van der Waals surface area contributed by atoms with Gasteiger partial charge in [-0.1, -0.05) is 24.3 Å². The van der Waals surface area contributed by atoms with Crippen LogP contribution in [0.2, 0.25) is 0 Å². The highest BCUT2D eigenvalue weighted by molar-refractivity contribution is 8.13. The second-order valence-corrected chi connectivity index (χ2v) is 10.8. The molecule has 0 saturated carbocycles. The van der Waals surface area contributed by atoms with Gasteiger partial charge in [0.25, 0.3) is 19.2 Å². The standard InChI is InChI=1S/C20H13ClN2O7S2/c21-31(26,27)11-7-5-10(6-8-11)23-14-9-15(32(28,29)30)18(22)17-16(14)19(24)12-3-1-2-4-13(12)20(17)25/h1-9,23H,22H2,(H,28,29,30). The molecule has 0 aliphatic heterocycles. The van der Waals surface area contributed by atoms with E-state index in [4.69, 9.17) is 16.4 Å². The van der Waals surface area contributed by atoms with Gasteiger partial charge in [0, 0.05) is 27.5 Å². The van der Waals surface area contributed by atoms with E-state index in [1.54, 1.807) is 12.1 Å². The van der Waals surface area contributed by atoms with Crippen LogP contribution in [0.15, 0.2) is 64.4 Å². The molecule has 0 saturated heterocycles. The summed E-state index contributed by atoms with van der Waals surface area (Å²) in [5.74, 6) is -1.25. The minimum absolute atomic E-state index is 0.0480. The third-order valence-corrected chi connectivity index (χ3v) is 7.16. The lowest BCUT2D eigenvalue weighted by atomic mass is 9.82. The molecule has 0 heterocycles. The van der Waals surface area contributed by atoms with Crippen LogP contribution in [0.5, 0.6) is 0 Å². The fourth-order valence-corrected chi connectivity index (χ4v) is 4.88. The molecule has 1 aliphatic rings. The predicted octanol–water partition coefficient (Wildman–Crippen LogP) is 2.96. The van der Waals surface area contributed by atoms with Crippen LogP contribution in [-0.4, -0.2) is 33.0 Å². The van der Waals surface area contributed by atoms with Gasteiger partial charge < -0.3 is 11.1 Å². The van der Waals surface area contributed by atoms with E-state index in [1.165, 1.54) is 36.4 Å². The van der Waals surface area contributed by atoms with E-state index in [0.29, 0.717) is 0 Å². The number of nitrogens with two attached hydrogens (primary N) is 1. The second-order valence-electron chi connectivity index (χ2n) is 6.85. The zero-order valence-corrected chi connectivity index (χ0v) is 18.3. The summed E-state index contributed by atoms with van der Waals surface area (Å²) >= 11 is 0. The number of anilines is 3. The molecule has 0 radical (unpaired) electrons. The van der Waals surface area contributed by atoms with Gasteiger partial charge in [0.2, 0.25) is 0 Å². The summed E-state index contributed by atoms with van der Waals surface area (Å²) in [5, 5.41) is 2.79. The molecule has 4 N–H and O–H groups in total. The molecule has 3 aromatic carbocycles. The molecule has 9 nitrogen and oxygen atoms in total. The molecule has 1 aliphatic carbocycles. The first-order chi connectivity index (χ1) is 14.9.